The Morgan fingerprint density at radius 2 is 2.25 bits per heavy atom. The highest BCUT2D eigenvalue weighted by molar-refractivity contribution is 7.12. The van der Waals surface area contributed by atoms with Crippen molar-refractivity contribution in [2.45, 2.75) is 25.8 Å². The van der Waals surface area contributed by atoms with E-state index in [4.69, 9.17) is 5.11 Å². The van der Waals surface area contributed by atoms with Gasteiger partial charge in [-0.25, -0.2) is 4.79 Å². The fourth-order valence-electron chi connectivity index (χ4n) is 0.946. The van der Waals surface area contributed by atoms with Crippen LogP contribution in [-0.4, -0.2) is 23.4 Å². The van der Waals surface area contributed by atoms with Gasteiger partial charge in [-0.15, -0.1) is 11.3 Å². The topological polar surface area (TPSA) is 46.5 Å². The highest BCUT2D eigenvalue weighted by Gasteiger charge is 2.37. The Morgan fingerprint density at radius 3 is 2.75 bits per heavy atom. The third-order valence-electron chi connectivity index (χ3n) is 1.89. The molecule has 1 aromatic heterocycles. The van der Waals surface area contributed by atoms with Crippen LogP contribution in [0.4, 0.5) is 13.2 Å². The van der Waals surface area contributed by atoms with Gasteiger partial charge in [0.05, 0.1) is 6.61 Å². The summed E-state index contributed by atoms with van der Waals surface area (Å²) in [6, 6.07) is 1.44. The van der Waals surface area contributed by atoms with Gasteiger partial charge in [0.25, 0.3) is 0 Å². The normalized spacial score (nSPS) is 13.8. The van der Waals surface area contributed by atoms with Crippen molar-refractivity contribution >= 4 is 17.3 Å². The molecule has 1 unspecified atom stereocenters. The average Bonchev–Trinajstić information content (AvgIpc) is 2.60. The zero-order valence-corrected chi connectivity index (χ0v) is 9.06. The molecular weight excluding hydrogens is 245 g/mol. The van der Waals surface area contributed by atoms with Crippen LogP contribution >= 0.6 is 11.3 Å². The van der Waals surface area contributed by atoms with Crippen LogP contribution in [0, 0.1) is 0 Å². The molecule has 0 spiro atoms. The van der Waals surface area contributed by atoms with Crippen LogP contribution in [0.3, 0.4) is 0 Å². The highest BCUT2D eigenvalue weighted by Crippen LogP contribution is 2.25. The second-order valence-corrected chi connectivity index (χ2v) is 3.99. The minimum Gasteiger partial charge on any atom is -0.477 e. The van der Waals surface area contributed by atoms with Crippen LogP contribution in [-0.2, 0) is 11.3 Å². The maximum absolute atomic E-state index is 12.1. The van der Waals surface area contributed by atoms with E-state index in [-0.39, 0.29) is 17.0 Å². The molecule has 0 radical (unpaired) electrons. The molecule has 0 aliphatic rings. The Labute approximate surface area is 93.5 Å². The van der Waals surface area contributed by atoms with Gasteiger partial charge >= 0.3 is 12.1 Å². The molecule has 0 fully saturated rings. The molecule has 1 rings (SSSR count). The van der Waals surface area contributed by atoms with Gasteiger partial charge in [0.2, 0.25) is 0 Å². The summed E-state index contributed by atoms with van der Waals surface area (Å²) >= 11 is 0.956. The summed E-state index contributed by atoms with van der Waals surface area (Å²) in [5.41, 5.74) is 0.258. The summed E-state index contributed by atoms with van der Waals surface area (Å²) in [4.78, 5) is 10.7. The van der Waals surface area contributed by atoms with Crippen LogP contribution in [0.2, 0.25) is 0 Å². The van der Waals surface area contributed by atoms with E-state index in [0.29, 0.717) is 0 Å². The fraction of sp³-hybridized carbons (Fsp3) is 0.444. The lowest BCUT2D eigenvalue weighted by molar-refractivity contribution is -0.217. The molecule has 1 heterocycles. The first-order chi connectivity index (χ1) is 7.32. The van der Waals surface area contributed by atoms with Crippen molar-refractivity contribution in [3.05, 3.63) is 21.9 Å². The van der Waals surface area contributed by atoms with Crippen LogP contribution in [0.5, 0.6) is 0 Å². The number of carboxylic acids is 1. The van der Waals surface area contributed by atoms with E-state index in [1.807, 2.05) is 0 Å². The largest absolute Gasteiger partial charge is 0.477 e. The average molecular weight is 254 g/mol. The Hall–Kier alpha value is -1.08. The van der Waals surface area contributed by atoms with Gasteiger partial charge in [-0.05, 0) is 18.4 Å². The van der Waals surface area contributed by atoms with E-state index in [1.165, 1.54) is 11.4 Å². The number of carboxylic acid groups (broad SMARTS) is 1. The molecule has 0 aliphatic carbocycles. The van der Waals surface area contributed by atoms with Crippen molar-refractivity contribution in [3.8, 4) is 0 Å². The summed E-state index contributed by atoms with van der Waals surface area (Å²) in [5, 5.41) is 10.2. The number of halogens is 3. The van der Waals surface area contributed by atoms with Gasteiger partial charge in [-0.1, -0.05) is 0 Å². The molecule has 0 saturated carbocycles. The van der Waals surface area contributed by atoms with Gasteiger partial charge in [0.1, 0.15) is 4.88 Å². The van der Waals surface area contributed by atoms with E-state index < -0.39 is 18.2 Å². The predicted molar refractivity (Wildman–Crippen MR) is 51.6 cm³/mol. The minimum atomic E-state index is -4.43. The van der Waals surface area contributed by atoms with Crippen molar-refractivity contribution in [1.29, 1.82) is 0 Å². The van der Waals surface area contributed by atoms with Crippen molar-refractivity contribution in [2.24, 2.45) is 0 Å². The molecular formula is C9H9F3O3S. The van der Waals surface area contributed by atoms with E-state index in [9.17, 15) is 18.0 Å². The maximum Gasteiger partial charge on any atom is 0.414 e. The summed E-state index contributed by atoms with van der Waals surface area (Å²) in [6.45, 7) is 0.526. The Kier molecular flexibility index (Phi) is 3.93. The number of ether oxygens (including phenoxy) is 1. The number of alkyl halides is 3. The number of hydrogen-bond acceptors (Lipinski definition) is 3. The molecule has 0 saturated heterocycles. The molecule has 7 heteroatoms. The molecule has 90 valence electrons. The van der Waals surface area contributed by atoms with E-state index in [0.717, 1.165) is 18.3 Å². The van der Waals surface area contributed by atoms with Crippen LogP contribution in [0.1, 0.15) is 22.2 Å². The number of carbonyl (C=O) groups is 1. The number of thiophene rings is 1. The first-order valence-corrected chi connectivity index (χ1v) is 5.18. The molecule has 0 amide bonds. The Balaban J connectivity index is 2.62. The Morgan fingerprint density at radius 1 is 1.62 bits per heavy atom. The maximum atomic E-state index is 12.1. The van der Waals surface area contributed by atoms with Crippen LogP contribution < -0.4 is 0 Å². The molecule has 0 aromatic carbocycles. The molecule has 1 atom stereocenters. The van der Waals surface area contributed by atoms with Crippen LogP contribution in [0.25, 0.3) is 0 Å². The first-order valence-electron chi connectivity index (χ1n) is 4.30. The standard InChI is InChI=1S/C9H9F3O3S/c1-5(9(10,11)12)15-4-6-2-3-16-7(6)8(13)14/h2-3,5H,4H2,1H3,(H,13,14). The molecule has 0 aliphatic heterocycles. The zero-order valence-electron chi connectivity index (χ0n) is 8.25. The SMILES string of the molecule is CC(OCc1ccsc1C(=O)O)C(F)(F)F. The smallest absolute Gasteiger partial charge is 0.414 e. The second-order valence-electron chi connectivity index (χ2n) is 3.07. The third kappa shape index (κ3) is 3.21. The monoisotopic (exact) mass is 254 g/mol. The zero-order chi connectivity index (χ0) is 12.3. The van der Waals surface area contributed by atoms with Gasteiger partial charge in [0.15, 0.2) is 6.10 Å². The third-order valence-corrected chi connectivity index (χ3v) is 2.84. The van der Waals surface area contributed by atoms with E-state index >= 15 is 0 Å². The van der Waals surface area contributed by atoms with E-state index in [1.54, 1.807) is 0 Å². The van der Waals surface area contributed by atoms with Crippen LogP contribution in [0.15, 0.2) is 11.4 Å². The van der Waals surface area contributed by atoms with Crippen molar-refractivity contribution in [3.63, 3.8) is 0 Å². The first kappa shape index (κ1) is 13.0. The molecule has 1 aromatic rings. The molecule has 3 nitrogen and oxygen atoms in total. The second kappa shape index (κ2) is 4.84. The molecule has 16 heavy (non-hydrogen) atoms. The van der Waals surface area contributed by atoms with Gasteiger partial charge in [-0.2, -0.15) is 13.2 Å². The van der Waals surface area contributed by atoms with Gasteiger partial charge in [-0.3, -0.25) is 0 Å². The van der Waals surface area contributed by atoms with Crippen molar-refractivity contribution in [1.82, 2.24) is 0 Å². The van der Waals surface area contributed by atoms with Crippen molar-refractivity contribution < 1.29 is 27.8 Å². The lowest BCUT2D eigenvalue weighted by atomic mass is 10.2. The molecule has 0 bridgehead atoms. The summed E-state index contributed by atoms with van der Waals surface area (Å²) in [6.07, 6.45) is -6.34. The molecule has 1 N–H and O–H groups in total. The highest BCUT2D eigenvalue weighted by atomic mass is 32.1. The fourth-order valence-corrected chi connectivity index (χ4v) is 1.69. The lowest BCUT2D eigenvalue weighted by Crippen LogP contribution is -2.28. The summed E-state index contributed by atoms with van der Waals surface area (Å²) in [7, 11) is 0. The summed E-state index contributed by atoms with van der Waals surface area (Å²) < 4.78 is 40.9. The lowest BCUT2D eigenvalue weighted by Gasteiger charge is -2.16. The van der Waals surface area contributed by atoms with Gasteiger partial charge < -0.3 is 9.84 Å². The number of aromatic carboxylic acids is 1. The summed E-state index contributed by atoms with van der Waals surface area (Å²) in [5.74, 6) is -1.16. The number of rotatable bonds is 4. The predicted octanol–water partition coefficient (Wildman–Crippen LogP) is 2.91. The van der Waals surface area contributed by atoms with E-state index in [2.05, 4.69) is 4.74 Å². The Bertz CT molecular complexity index is 372. The van der Waals surface area contributed by atoms with Gasteiger partial charge in [0, 0.05) is 5.56 Å². The number of hydrogen-bond donors (Lipinski definition) is 1. The minimum absolute atomic E-state index is 0.00868. The quantitative estimate of drug-likeness (QED) is 0.898. The van der Waals surface area contributed by atoms with Crippen molar-refractivity contribution in [2.75, 3.05) is 0 Å².